The number of carbonyl (C=O) groups is 1. The first kappa shape index (κ1) is 20.5. The molecule has 0 saturated heterocycles. The Bertz CT molecular complexity index is 1040. The maximum atomic E-state index is 12.3. The van der Waals surface area contributed by atoms with Gasteiger partial charge in [0.15, 0.2) is 5.78 Å². The fraction of sp³-hybridized carbons (Fsp3) is 0.125. The third-order valence-corrected chi connectivity index (χ3v) is 4.64. The van der Waals surface area contributed by atoms with E-state index in [0.717, 1.165) is 22.4 Å². The lowest BCUT2D eigenvalue weighted by molar-refractivity contribution is 0.104. The number of allylic oxidation sites excluding steroid dienone is 1. The second kappa shape index (κ2) is 9.30. The number of aryl methyl sites for hydroxylation is 1. The second-order valence-electron chi connectivity index (χ2n) is 6.51. The van der Waals surface area contributed by atoms with Crippen molar-refractivity contribution in [2.45, 2.75) is 13.5 Å². The number of ketones is 1. The molecule has 3 aromatic rings. The van der Waals surface area contributed by atoms with Crippen molar-refractivity contribution >= 4 is 23.5 Å². The summed E-state index contributed by atoms with van der Waals surface area (Å²) in [5.74, 6) is 1.44. The molecule has 3 aromatic carbocycles. The predicted octanol–water partition coefficient (Wildman–Crippen LogP) is 5.84. The lowest BCUT2D eigenvalue weighted by Crippen LogP contribution is -2.00. The third kappa shape index (κ3) is 5.39. The highest BCUT2D eigenvalue weighted by Gasteiger charge is 2.07. The maximum absolute atomic E-state index is 12.3. The quantitative estimate of drug-likeness (QED) is 0.394. The summed E-state index contributed by atoms with van der Waals surface area (Å²) in [6, 6.07) is 17.3. The topological polar surface area (TPSA) is 55.8 Å². The summed E-state index contributed by atoms with van der Waals surface area (Å²) in [5.41, 5.74) is 3.17. The molecule has 0 bridgehead atoms. The van der Waals surface area contributed by atoms with Crippen LogP contribution in [0.3, 0.4) is 0 Å². The average molecular weight is 409 g/mol. The molecule has 0 aliphatic carbocycles. The van der Waals surface area contributed by atoms with Gasteiger partial charge >= 0.3 is 0 Å². The number of ether oxygens (including phenoxy) is 2. The SMILES string of the molecule is COc1ccc(/C=C/C(=O)c2ccc(O)cc2)cc1COc1ccc(Cl)cc1C. The normalized spacial score (nSPS) is 10.9. The van der Waals surface area contributed by atoms with E-state index in [1.807, 2.05) is 37.3 Å². The number of hydrogen-bond acceptors (Lipinski definition) is 4. The summed E-state index contributed by atoms with van der Waals surface area (Å²) in [6.45, 7) is 2.26. The summed E-state index contributed by atoms with van der Waals surface area (Å²) >= 11 is 5.99. The summed E-state index contributed by atoms with van der Waals surface area (Å²) in [7, 11) is 1.61. The van der Waals surface area contributed by atoms with Gasteiger partial charge in [0, 0.05) is 16.1 Å². The Balaban J connectivity index is 1.75. The molecule has 0 radical (unpaired) electrons. The van der Waals surface area contributed by atoms with Gasteiger partial charge in [-0.1, -0.05) is 23.7 Å². The van der Waals surface area contributed by atoms with E-state index in [-0.39, 0.29) is 11.5 Å². The van der Waals surface area contributed by atoms with Crippen LogP contribution in [0.1, 0.15) is 27.0 Å². The molecule has 0 spiro atoms. The van der Waals surface area contributed by atoms with Crippen LogP contribution in [-0.2, 0) is 6.61 Å². The van der Waals surface area contributed by atoms with E-state index < -0.39 is 0 Å². The number of carbonyl (C=O) groups excluding carboxylic acids is 1. The highest BCUT2D eigenvalue weighted by Crippen LogP contribution is 2.26. The molecular weight excluding hydrogens is 388 g/mol. The number of phenolic OH excluding ortho intramolecular Hbond substituents is 1. The molecule has 0 heterocycles. The number of hydrogen-bond donors (Lipinski definition) is 1. The summed E-state index contributed by atoms with van der Waals surface area (Å²) in [4.78, 5) is 12.3. The van der Waals surface area contributed by atoms with E-state index in [1.54, 1.807) is 31.4 Å². The zero-order valence-corrected chi connectivity index (χ0v) is 16.9. The average Bonchev–Trinajstić information content (AvgIpc) is 2.72. The van der Waals surface area contributed by atoms with E-state index >= 15 is 0 Å². The molecule has 5 heteroatoms. The molecule has 4 nitrogen and oxygen atoms in total. The Morgan fingerprint density at radius 1 is 1.03 bits per heavy atom. The van der Waals surface area contributed by atoms with Crippen molar-refractivity contribution in [3.8, 4) is 17.2 Å². The molecule has 0 aliphatic rings. The van der Waals surface area contributed by atoms with E-state index in [4.69, 9.17) is 21.1 Å². The molecule has 0 aromatic heterocycles. The molecule has 148 valence electrons. The molecule has 0 fully saturated rings. The van der Waals surface area contributed by atoms with Crippen molar-refractivity contribution < 1.29 is 19.4 Å². The van der Waals surface area contributed by atoms with E-state index in [9.17, 15) is 9.90 Å². The molecule has 0 atom stereocenters. The van der Waals surface area contributed by atoms with E-state index in [1.165, 1.54) is 18.2 Å². The van der Waals surface area contributed by atoms with Crippen LogP contribution in [0, 0.1) is 6.92 Å². The fourth-order valence-corrected chi connectivity index (χ4v) is 3.07. The van der Waals surface area contributed by atoms with E-state index in [2.05, 4.69) is 0 Å². The number of methoxy groups -OCH3 is 1. The monoisotopic (exact) mass is 408 g/mol. The van der Waals surface area contributed by atoms with Crippen LogP contribution in [-0.4, -0.2) is 18.0 Å². The number of rotatable bonds is 7. The van der Waals surface area contributed by atoms with Gasteiger partial charge in [-0.15, -0.1) is 0 Å². The number of benzene rings is 3. The minimum Gasteiger partial charge on any atom is -0.508 e. The van der Waals surface area contributed by atoms with Gasteiger partial charge in [0.25, 0.3) is 0 Å². The van der Waals surface area contributed by atoms with Crippen LogP contribution in [0.5, 0.6) is 17.2 Å². The fourth-order valence-electron chi connectivity index (χ4n) is 2.84. The standard InChI is InChI=1S/C24H21ClO4/c1-16-13-20(25)7-12-23(16)29-15-19-14-17(4-11-24(19)28-2)3-10-22(27)18-5-8-21(26)9-6-18/h3-14,26H,15H2,1-2H3/b10-3+. The Hall–Kier alpha value is -3.24. The Kier molecular flexibility index (Phi) is 6.57. The first-order valence-corrected chi connectivity index (χ1v) is 9.41. The lowest BCUT2D eigenvalue weighted by Gasteiger charge is -2.13. The largest absolute Gasteiger partial charge is 0.508 e. The Morgan fingerprint density at radius 3 is 2.45 bits per heavy atom. The van der Waals surface area contributed by atoms with Gasteiger partial charge in [-0.25, -0.2) is 0 Å². The van der Waals surface area contributed by atoms with Crippen LogP contribution >= 0.6 is 11.6 Å². The molecule has 29 heavy (non-hydrogen) atoms. The minimum atomic E-state index is -0.143. The predicted molar refractivity (Wildman–Crippen MR) is 115 cm³/mol. The second-order valence-corrected chi connectivity index (χ2v) is 6.95. The first-order valence-electron chi connectivity index (χ1n) is 9.03. The van der Waals surface area contributed by atoms with Crippen molar-refractivity contribution in [2.75, 3.05) is 7.11 Å². The van der Waals surface area contributed by atoms with Gasteiger partial charge in [0.2, 0.25) is 0 Å². The summed E-state index contributed by atoms with van der Waals surface area (Å²) in [5, 5.41) is 9.99. The minimum absolute atomic E-state index is 0.126. The van der Waals surface area contributed by atoms with Gasteiger partial charge in [0.05, 0.1) is 7.11 Å². The van der Waals surface area contributed by atoms with Gasteiger partial charge in [-0.05, 0) is 78.7 Å². The van der Waals surface area contributed by atoms with Gasteiger partial charge in [0.1, 0.15) is 23.9 Å². The van der Waals surface area contributed by atoms with Crippen molar-refractivity contribution in [2.24, 2.45) is 0 Å². The molecule has 0 aliphatic heterocycles. The highest BCUT2D eigenvalue weighted by molar-refractivity contribution is 6.30. The van der Waals surface area contributed by atoms with Crippen LogP contribution in [0.25, 0.3) is 6.08 Å². The van der Waals surface area contributed by atoms with Crippen LogP contribution in [0.2, 0.25) is 5.02 Å². The highest BCUT2D eigenvalue weighted by atomic mass is 35.5. The Morgan fingerprint density at radius 2 is 1.76 bits per heavy atom. The molecule has 0 unspecified atom stereocenters. The van der Waals surface area contributed by atoms with Crippen molar-refractivity contribution in [3.63, 3.8) is 0 Å². The van der Waals surface area contributed by atoms with Crippen molar-refractivity contribution in [1.82, 2.24) is 0 Å². The number of aromatic hydroxyl groups is 1. The zero-order valence-electron chi connectivity index (χ0n) is 16.2. The van der Waals surface area contributed by atoms with Gasteiger partial charge < -0.3 is 14.6 Å². The molecule has 3 rings (SSSR count). The van der Waals surface area contributed by atoms with Crippen LogP contribution in [0.4, 0.5) is 0 Å². The molecule has 1 N–H and O–H groups in total. The van der Waals surface area contributed by atoms with Crippen LogP contribution in [0.15, 0.2) is 66.7 Å². The van der Waals surface area contributed by atoms with E-state index in [0.29, 0.717) is 22.9 Å². The van der Waals surface area contributed by atoms with Crippen molar-refractivity contribution in [3.05, 3.63) is 94.0 Å². The Labute approximate surface area is 175 Å². The zero-order chi connectivity index (χ0) is 20.8. The summed E-state index contributed by atoms with van der Waals surface area (Å²) in [6.07, 6.45) is 3.24. The molecule has 0 amide bonds. The first-order chi connectivity index (χ1) is 14.0. The maximum Gasteiger partial charge on any atom is 0.185 e. The van der Waals surface area contributed by atoms with Gasteiger partial charge in [-0.2, -0.15) is 0 Å². The van der Waals surface area contributed by atoms with Crippen LogP contribution < -0.4 is 9.47 Å². The lowest BCUT2D eigenvalue weighted by atomic mass is 10.1. The molecular formula is C24H21ClO4. The smallest absolute Gasteiger partial charge is 0.185 e. The van der Waals surface area contributed by atoms with Crippen molar-refractivity contribution in [1.29, 1.82) is 0 Å². The number of halogens is 1. The summed E-state index contributed by atoms with van der Waals surface area (Å²) < 4.78 is 11.4. The molecule has 0 saturated carbocycles. The number of phenols is 1. The van der Waals surface area contributed by atoms with Gasteiger partial charge in [-0.3, -0.25) is 4.79 Å². The third-order valence-electron chi connectivity index (χ3n) is 4.40.